The number of carbonyl (C=O) groups is 3. The summed E-state index contributed by atoms with van der Waals surface area (Å²) in [5.74, 6) is -1.15. The number of hydroxylamine groups is 2. The summed E-state index contributed by atoms with van der Waals surface area (Å²) in [7, 11) is -4.36. The summed E-state index contributed by atoms with van der Waals surface area (Å²) < 4.78 is 36.6. The molecule has 0 fully saturated rings. The molecular weight excluding hydrogens is 728 g/mol. The molecule has 0 radical (unpaired) electrons. The number of hydrogen-bond acceptors (Lipinski definition) is 9. The van der Waals surface area contributed by atoms with Gasteiger partial charge in [0.05, 0.1) is 26.5 Å². The molecule has 0 aliphatic heterocycles. The minimum absolute atomic E-state index is 0.0272. The molecule has 0 saturated heterocycles. The molecule has 1 amide bonds. The first kappa shape index (κ1) is 43.2. The summed E-state index contributed by atoms with van der Waals surface area (Å²) in [6, 6.07) is 20.9. The van der Waals surface area contributed by atoms with Gasteiger partial charge in [0.1, 0.15) is 6.61 Å². The summed E-state index contributed by atoms with van der Waals surface area (Å²) in [6.45, 7) is 14.2. The van der Waals surface area contributed by atoms with Crippen LogP contribution in [0.15, 0.2) is 66.7 Å². The van der Waals surface area contributed by atoms with E-state index < -0.39 is 55.5 Å². The molecule has 3 rings (SSSR count). The first-order valence-corrected chi connectivity index (χ1v) is 19.4. The van der Waals surface area contributed by atoms with E-state index in [0.717, 1.165) is 21.8 Å². The van der Waals surface area contributed by atoms with E-state index in [1.165, 1.54) is 24.6 Å². The number of rotatable bonds is 16. The van der Waals surface area contributed by atoms with Crippen LogP contribution in [0.2, 0.25) is 10.0 Å². The van der Waals surface area contributed by atoms with Crippen molar-refractivity contribution >= 4 is 48.6 Å². The first-order chi connectivity index (χ1) is 24.2. The maximum absolute atomic E-state index is 14.7. The van der Waals surface area contributed by atoms with E-state index in [-0.39, 0.29) is 29.6 Å². The summed E-state index contributed by atoms with van der Waals surface area (Å²) in [5.41, 5.74) is 1.79. The van der Waals surface area contributed by atoms with Gasteiger partial charge in [0, 0.05) is 13.5 Å². The Morgan fingerprint density at radius 1 is 0.731 bits per heavy atom. The van der Waals surface area contributed by atoms with E-state index in [2.05, 4.69) is 38.1 Å². The lowest BCUT2D eigenvalue weighted by Crippen LogP contribution is -2.31. The third kappa shape index (κ3) is 12.7. The Kier molecular flexibility index (Phi) is 15.5. The molecule has 1 atom stereocenters. The Morgan fingerprint density at radius 2 is 1.21 bits per heavy atom. The van der Waals surface area contributed by atoms with Gasteiger partial charge in [-0.1, -0.05) is 91.6 Å². The second kappa shape index (κ2) is 18.7. The predicted octanol–water partition coefficient (Wildman–Crippen LogP) is 10.5. The zero-order chi connectivity index (χ0) is 38.9. The van der Waals surface area contributed by atoms with Crippen LogP contribution in [0, 0.1) is 10.8 Å². The molecule has 0 aliphatic rings. The summed E-state index contributed by atoms with van der Waals surface area (Å²) >= 11 is 12.6. The molecule has 284 valence electrons. The number of nitrogens with zero attached hydrogens (tertiary/aromatic N) is 1. The van der Waals surface area contributed by atoms with Gasteiger partial charge in [0.2, 0.25) is 19.5 Å². The fraction of sp³-hybridized carbons (Fsp3) is 0.462. The lowest BCUT2D eigenvalue weighted by molar-refractivity contribution is -0.189. The number of benzene rings is 3. The molecule has 1 unspecified atom stereocenters. The highest BCUT2D eigenvalue weighted by atomic mass is 35.5. The van der Waals surface area contributed by atoms with Crippen LogP contribution < -0.4 is 0 Å². The highest BCUT2D eigenvalue weighted by Crippen LogP contribution is 2.63. The molecule has 13 heteroatoms. The van der Waals surface area contributed by atoms with Crippen LogP contribution >= 0.6 is 30.8 Å². The Labute approximate surface area is 317 Å². The molecule has 0 N–H and O–H groups in total. The minimum atomic E-state index is -4.36. The van der Waals surface area contributed by atoms with Gasteiger partial charge >= 0.3 is 19.5 Å². The third-order valence-corrected chi connectivity index (χ3v) is 11.0. The van der Waals surface area contributed by atoms with Crippen LogP contribution in [0.25, 0.3) is 11.1 Å². The van der Waals surface area contributed by atoms with E-state index in [4.69, 9.17) is 46.6 Å². The Hall–Kier alpha value is -3.24. The monoisotopic (exact) mass is 777 g/mol. The lowest BCUT2D eigenvalue weighted by atomic mass is 9.98. The molecule has 0 aromatic heterocycles. The number of ether oxygens (including phenoxy) is 2. The number of carbonyl (C=O) groups excluding carboxylic acids is 3. The van der Waals surface area contributed by atoms with E-state index in [9.17, 15) is 18.9 Å². The molecular formula is C39H50Cl2NO9P. The highest BCUT2D eigenvalue weighted by molar-refractivity contribution is 7.54. The average molecular weight is 779 g/mol. The average Bonchev–Trinajstić information content (AvgIpc) is 3.07. The van der Waals surface area contributed by atoms with Gasteiger partial charge in [-0.3, -0.25) is 32.8 Å². The molecule has 3 aromatic carbocycles. The topological polar surface area (TPSA) is 118 Å². The van der Waals surface area contributed by atoms with Crippen molar-refractivity contribution in [2.45, 2.75) is 86.9 Å². The van der Waals surface area contributed by atoms with Gasteiger partial charge in [-0.2, -0.15) is 0 Å². The molecule has 0 aliphatic carbocycles. The van der Waals surface area contributed by atoms with E-state index >= 15 is 0 Å². The van der Waals surface area contributed by atoms with Gasteiger partial charge in [-0.15, -0.1) is 0 Å². The summed E-state index contributed by atoms with van der Waals surface area (Å²) in [6.07, 6.45) is -0.0272. The highest BCUT2D eigenvalue weighted by Gasteiger charge is 2.40. The van der Waals surface area contributed by atoms with Crippen molar-refractivity contribution in [1.82, 2.24) is 5.06 Å². The van der Waals surface area contributed by atoms with Crippen molar-refractivity contribution in [3.8, 4) is 11.1 Å². The van der Waals surface area contributed by atoms with Gasteiger partial charge in [-0.05, 0) is 93.8 Å². The first-order valence-electron chi connectivity index (χ1n) is 17.0. The lowest BCUT2D eigenvalue weighted by Gasteiger charge is -2.30. The zero-order valence-corrected chi connectivity index (χ0v) is 33.8. The largest absolute Gasteiger partial charge is 0.438 e. The van der Waals surface area contributed by atoms with Crippen LogP contribution in [-0.2, 0) is 48.9 Å². The van der Waals surface area contributed by atoms with Crippen LogP contribution in [0.4, 0.5) is 0 Å². The fourth-order valence-electron chi connectivity index (χ4n) is 4.74. The predicted molar refractivity (Wildman–Crippen MR) is 203 cm³/mol. The smallest absolute Gasteiger partial charge is 0.343 e. The van der Waals surface area contributed by atoms with Crippen molar-refractivity contribution in [1.29, 1.82) is 0 Å². The quantitative estimate of drug-likeness (QED) is 0.0606. The van der Waals surface area contributed by atoms with E-state index in [1.807, 2.05) is 24.3 Å². The molecule has 52 heavy (non-hydrogen) atoms. The van der Waals surface area contributed by atoms with Crippen molar-refractivity contribution < 1.29 is 42.3 Å². The fourth-order valence-corrected chi connectivity index (χ4v) is 6.84. The van der Waals surface area contributed by atoms with Gasteiger partial charge < -0.3 is 9.47 Å². The second-order valence-corrected chi connectivity index (χ2v) is 17.8. The number of amides is 1. The number of esters is 2. The molecule has 0 heterocycles. The summed E-state index contributed by atoms with van der Waals surface area (Å²) in [4.78, 5) is 43.7. The molecule has 10 nitrogen and oxygen atoms in total. The normalized spacial score (nSPS) is 12.8. The van der Waals surface area contributed by atoms with E-state index in [0.29, 0.717) is 11.5 Å². The standard InChI is InChI=1S/C39H50Cl2NO9P/c1-26(2)29-14-16-31(17-15-29)30-12-10-28(11-13-30)23-49-42(27(3)43)21-20-35(32-18-19-33(40)34(41)22-32)52(46,50-24-47-36(44)38(4,5)6)51-25-48-37(45)39(7,8)9/h10-19,22,26,35H,20-21,23-25H2,1-9H3. The second-order valence-electron chi connectivity index (χ2n) is 14.7. The third-order valence-electron chi connectivity index (χ3n) is 7.99. The number of halogens is 2. The SMILES string of the molecule is CC(=O)N(CCC(c1ccc(Cl)c(Cl)c1)P(=O)(OCOC(=O)C(C)(C)C)OCOC(=O)C(C)(C)C)OCc1ccc(-c2ccc(C(C)C)cc2)cc1. The molecule has 3 aromatic rings. The van der Waals surface area contributed by atoms with Crippen LogP contribution in [-0.4, -0.2) is 43.0 Å². The van der Waals surface area contributed by atoms with Gasteiger partial charge in [0.25, 0.3) is 0 Å². The Morgan fingerprint density at radius 3 is 1.65 bits per heavy atom. The van der Waals surface area contributed by atoms with Gasteiger partial charge in [0.15, 0.2) is 0 Å². The maximum atomic E-state index is 14.7. The van der Waals surface area contributed by atoms with Crippen LogP contribution in [0.1, 0.15) is 97.0 Å². The molecule has 0 bridgehead atoms. The van der Waals surface area contributed by atoms with Crippen LogP contribution in [0.3, 0.4) is 0 Å². The van der Waals surface area contributed by atoms with E-state index in [1.54, 1.807) is 47.6 Å². The zero-order valence-electron chi connectivity index (χ0n) is 31.4. The van der Waals surface area contributed by atoms with Crippen molar-refractivity contribution in [3.63, 3.8) is 0 Å². The van der Waals surface area contributed by atoms with Crippen LogP contribution in [0.5, 0.6) is 0 Å². The number of hydrogen-bond donors (Lipinski definition) is 0. The Bertz CT molecular complexity index is 1680. The Balaban J connectivity index is 1.84. The van der Waals surface area contributed by atoms with Crippen molar-refractivity contribution in [2.24, 2.45) is 10.8 Å². The van der Waals surface area contributed by atoms with Crippen molar-refractivity contribution in [3.05, 3.63) is 93.5 Å². The van der Waals surface area contributed by atoms with Gasteiger partial charge in [-0.25, -0.2) is 5.06 Å². The molecule has 0 saturated carbocycles. The molecule has 0 spiro atoms. The summed E-state index contributed by atoms with van der Waals surface area (Å²) in [5, 5.41) is 1.59. The minimum Gasteiger partial charge on any atom is -0.438 e. The maximum Gasteiger partial charge on any atom is 0.343 e. The van der Waals surface area contributed by atoms with Crippen molar-refractivity contribution in [2.75, 3.05) is 20.1 Å².